The lowest BCUT2D eigenvalue weighted by molar-refractivity contribution is -0.138. The summed E-state index contributed by atoms with van der Waals surface area (Å²) in [6, 6.07) is 7.73. The van der Waals surface area contributed by atoms with E-state index in [2.05, 4.69) is 4.98 Å². The first-order valence-electron chi connectivity index (χ1n) is 9.68. The van der Waals surface area contributed by atoms with Gasteiger partial charge in [0.1, 0.15) is 5.82 Å². The number of fused-ring (bicyclic) bond motifs is 1. The van der Waals surface area contributed by atoms with Gasteiger partial charge < -0.3 is 9.67 Å². The van der Waals surface area contributed by atoms with E-state index in [9.17, 15) is 18.7 Å². The van der Waals surface area contributed by atoms with Crippen LogP contribution in [0.3, 0.4) is 0 Å². The van der Waals surface area contributed by atoms with Crippen molar-refractivity contribution in [2.75, 3.05) is 0 Å². The highest BCUT2D eigenvalue weighted by molar-refractivity contribution is 6.30. The van der Waals surface area contributed by atoms with Gasteiger partial charge in [0.25, 0.3) is 0 Å². The van der Waals surface area contributed by atoms with Crippen LogP contribution in [0.15, 0.2) is 30.3 Å². The maximum absolute atomic E-state index is 14.1. The van der Waals surface area contributed by atoms with E-state index in [0.717, 1.165) is 36.5 Å². The summed E-state index contributed by atoms with van der Waals surface area (Å²) in [5.41, 5.74) is 2.66. The number of aryl methyl sites for hydroxylation is 1. The Morgan fingerprint density at radius 1 is 1.24 bits per heavy atom. The van der Waals surface area contributed by atoms with Gasteiger partial charge in [-0.05, 0) is 55.9 Å². The zero-order chi connectivity index (χ0) is 20.7. The Morgan fingerprint density at radius 3 is 2.72 bits per heavy atom. The van der Waals surface area contributed by atoms with E-state index >= 15 is 0 Å². The van der Waals surface area contributed by atoms with Crippen molar-refractivity contribution in [3.63, 3.8) is 0 Å². The predicted octanol–water partition coefficient (Wildman–Crippen LogP) is 6.15. The molecule has 1 heterocycles. The van der Waals surface area contributed by atoms with E-state index in [-0.39, 0.29) is 18.4 Å². The SMILES string of the molecule is Cc1cc(Cl)ccc1-c1nc2cc(F)c(F)cc2n1C1CCCC(CC(=O)O)C1. The van der Waals surface area contributed by atoms with E-state index in [1.807, 2.05) is 23.6 Å². The smallest absolute Gasteiger partial charge is 0.303 e. The molecule has 0 spiro atoms. The first-order chi connectivity index (χ1) is 13.8. The van der Waals surface area contributed by atoms with Crippen LogP contribution in [0.5, 0.6) is 0 Å². The van der Waals surface area contributed by atoms with E-state index in [1.54, 1.807) is 6.07 Å². The minimum Gasteiger partial charge on any atom is -0.481 e. The van der Waals surface area contributed by atoms with Gasteiger partial charge in [0, 0.05) is 35.2 Å². The number of imidazole rings is 1. The average molecular weight is 419 g/mol. The lowest BCUT2D eigenvalue weighted by atomic mass is 9.83. The Bertz CT molecular complexity index is 1100. The number of halogens is 3. The van der Waals surface area contributed by atoms with Crippen molar-refractivity contribution in [1.29, 1.82) is 0 Å². The number of nitrogens with zero attached hydrogens (tertiary/aromatic N) is 2. The second kappa shape index (κ2) is 7.75. The van der Waals surface area contributed by atoms with Crippen molar-refractivity contribution in [1.82, 2.24) is 9.55 Å². The van der Waals surface area contributed by atoms with E-state index < -0.39 is 17.6 Å². The molecule has 0 bridgehead atoms. The number of hydrogen-bond acceptors (Lipinski definition) is 2. The molecule has 1 N–H and O–H groups in total. The van der Waals surface area contributed by atoms with Crippen molar-refractivity contribution in [2.45, 2.75) is 45.1 Å². The van der Waals surface area contributed by atoms with Gasteiger partial charge in [-0.25, -0.2) is 13.8 Å². The topological polar surface area (TPSA) is 55.1 Å². The maximum atomic E-state index is 14.1. The molecular weight excluding hydrogens is 398 g/mol. The van der Waals surface area contributed by atoms with Crippen molar-refractivity contribution < 1.29 is 18.7 Å². The van der Waals surface area contributed by atoms with Crippen LogP contribution in [0.2, 0.25) is 5.02 Å². The Hall–Kier alpha value is -2.47. The zero-order valence-corrected chi connectivity index (χ0v) is 16.7. The molecule has 1 saturated carbocycles. The quantitative estimate of drug-likeness (QED) is 0.552. The molecule has 0 saturated heterocycles. The molecule has 2 atom stereocenters. The van der Waals surface area contributed by atoms with Gasteiger partial charge in [-0.15, -0.1) is 0 Å². The molecule has 0 aliphatic heterocycles. The van der Waals surface area contributed by atoms with Crippen LogP contribution in [0, 0.1) is 24.5 Å². The van der Waals surface area contributed by atoms with Crippen LogP contribution in [0.1, 0.15) is 43.7 Å². The third kappa shape index (κ3) is 3.86. The summed E-state index contributed by atoms with van der Waals surface area (Å²) >= 11 is 6.10. The average Bonchev–Trinajstić information content (AvgIpc) is 2.99. The molecule has 1 aliphatic rings. The van der Waals surface area contributed by atoms with Crippen LogP contribution in [-0.4, -0.2) is 20.6 Å². The molecule has 1 fully saturated rings. The third-order valence-electron chi connectivity index (χ3n) is 5.74. The molecular formula is C22H21ClF2N2O2. The van der Waals surface area contributed by atoms with Crippen LogP contribution in [-0.2, 0) is 4.79 Å². The van der Waals surface area contributed by atoms with Gasteiger partial charge in [0.2, 0.25) is 0 Å². The highest BCUT2D eigenvalue weighted by atomic mass is 35.5. The summed E-state index contributed by atoms with van der Waals surface area (Å²) in [7, 11) is 0. The third-order valence-corrected chi connectivity index (χ3v) is 5.98. The molecule has 0 radical (unpaired) electrons. The van der Waals surface area contributed by atoms with E-state index in [0.29, 0.717) is 28.3 Å². The fourth-order valence-electron chi connectivity index (χ4n) is 4.46. The number of carbonyl (C=O) groups is 1. The number of aromatic nitrogens is 2. The second-order valence-electron chi connectivity index (χ2n) is 7.80. The molecule has 4 rings (SSSR count). The normalized spacial score (nSPS) is 19.6. The summed E-state index contributed by atoms with van der Waals surface area (Å²) in [5.74, 6) is -1.99. The van der Waals surface area contributed by atoms with Crippen LogP contribution < -0.4 is 0 Å². The van der Waals surface area contributed by atoms with Crippen LogP contribution in [0.25, 0.3) is 22.4 Å². The zero-order valence-electron chi connectivity index (χ0n) is 16.0. The number of carboxylic acids is 1. The number of carboxylic acid groups (broad SMARTS) is 1. The van der Waals surface area contributed by atoms with Crippen molar-refractivity contribution in [3.05, 3.63) is 52.6 Å². The highest BCUT2D eigenvalue weighted by Gasteiger charge is 2.29. The van der Waals surface area contributed by atoms with Crippen LogP contribution in [0.4, 0.5) is 8.78 Å². The lowest BCUT2D eigenvalue weighted by Crippen LogP contribution is -2.22. The summed E-state index contributed by atoms with van der Waals surface area (Å²) < 4.78 is 29.9. The monoisotopic (exact) mass is 418 g/mol. The molecule has 2 unspecified atom stereocenters. The minimum absolute atomic E-state index is 0.0342. The van der Waals surface area contributed by atoms with E-state index in [4.69, 9.17) is 11.6 Å². The van der Waals surface area contributed by atoms with Crippen molar-refractivity contribution in [3.8, 4) is 11.4 Å². The first kappa shape index (κ1) is 19.8. The summed E-state index contributed by atoms with van der Waals surface area (Å²) in [6.45, 7) is 1.92. The lowest BCUT2D eigenvalue weighted by Gasteiger charge is -2.31. The molecule has 1 aromatic heterocycles. The number of rotatable bonds is 4. The molecule has 1 aliphatic carbocycles. The van der Waals surface area contributed by atoms with E-state index in [1.165, 1.54) is 6.07 Å². The highest BCUT2D eigenvalue weighted by Crippen LogP contribution is 2.40. The number of aliphatic carboxylic acids is 1. The van der Waals surface area contributed by atoms with Crippen molar-refractivity contribution >= 4 is 28.6 Å². The van der Waals surface area contributed by atoms with Gasteiger partial charge in [-0.3, -0.25) is 4.79 Å². The van der Waals surface area contributed by atoms with Gasteiger partial charge in [0.05, 0.1) is 11.0 Å². The molecule has 0 amide bonds. The minimum atomic E-state index is -0.936. The Balaban J connectivity index is 1.88. The predicted molar refractivity (Wildman–Crippen MR) is 108 cm³/mol. The summed E-state index contributed by atoms with van der Waals surface area (Å²) in [5, 5.41) is 9.80. The fraction of sp³-hybridized carbons (Fsp3) is 0.364. The standard InChI is InChI=1S/C22H21ClF2N2O2/c1-12-7-14(23)5-6-16(12)22-26-19-10-17(24)18(25)11-20(19)27(22)15-4-2-3-13(8-15)9-21(28)29/h5-7,10-11,13,15H,2-4,8-9H2,1H3,(H,28,29). The second-order valence-corrected chi connectivity index (χ2v) is 8.24. The largest absolute Gasteiger partial charge is 0.481 e. The molecule has 3 aromatic rings. The fourth-order valence-corrected chi connectivity index (χ4v) is 4.68. The molecule has 2 aromatic carbocycles. The van der Waals surface area contributed by atoms with Gasteiger partial charge in [0.15, 0.2) is 11.6 Å². The Kier molecular flexibility index (Phi) is 5.30. The van der Waals surface area contributed by atoms with Gasteiger partial charge in [-0.2, -0.15) is 0 Å². The van der Waals surface area contributed by atoms with Gasteiger partial charge >= 0.3 is 5.97 Å². The molecule has 4 nitrogen and oxygen atoms in total. The maximum Gasteiger partial charge on any atom is 0.303 e. The Labute approximate surface area is 172 Å². The molecule has 7 heteroatoms. The van der Waals surface area contributed by atoms with Crippen molar-refractivity contribution in [2.24, 2.45) is 5.92 Å². The number of benzene rings is 2. The first-order valence-corrected chi connectivity index (χ1v) is 10.1. The van der Waals surface area contributed by atoms with Crippen LogP contribution >= 0.6 is 11.6 Å². The van der Waals surface area contributed by atoms with Gasteiger partial charge in [-0.1, -0.05) is 18.0 Å². The summed E-state index contributed by atoms with van der Waals surface area (Å²) in [4.78, 5) is 15.8. The molecule has 152 valence electrons. The molecule has 29 heavy (non-hydrogen) atoms. The Morgan fingerprint density at radius 2 is 2.00 bits per heavy atom. The number of hydrogen-bond donors (Lipinski definition) is 1. The summed E-state index contributed by atoms with van der Waals surface area (Å²) in [6.07, 6.45) is 3.34.